The lowest BCUT2D eigenvalue weighted by Crippen LogP contribution is -2.45. The largest absolute Gasteiger partial charge is 0.374 e. The van der Waals surface area contributed by atoms with Crippen molar-refractivity contribution in [1.82, 2.24) is 15.1 Å². The van der Waals surface area contributed by atoms with Crippen molar-refractivity contribution in [2.75, 3.05) is 18.1 Å². The molecule has 0 saturated heterocycles. The van der Waals surface area contributed by atoms with Crippen LogP contribution in [0, 0.1) is 0 Å². The summed E-state index contributed by atoms with van der Waals surface area (Å²) < 4.78 is 7.95. The molecule has 4 aromatic rings. The van der Waals surface area contributed by atoms with Crippen molar-refractivity contribution >= 4 is 11.6 Å². The molecule has 1 aliphatic heterocycles. The van der Waals surface area contributed by atoms with E-state index < -0.39 is 0 Å². The quantitative estimate of drug-likeness (QED) is 0.330. The highest BCUT2D eigenvalue weighted by Gasteiger charge is 2.30. The van der Waals surface area contributed by atoms with Crippen molar-refractivity contribution in [3.8, 4) is 11.1 Å². The average molecular weight is 509 g/mol. The lowest BCUT2D eigenvalue weighted by molar-refractivity contribution is -0.0129. The number of carbonyl (C=O) groups is 1. The second-order valence-corrected chi connectivity index (χ2v) is 10.9. The number of carbonyl (C=O) groups excluding carboxylic acids is 1. The molecule has 1 aliphatic rings. The van der Waals surface area contributed by atoms with E-state index in [0.29, 0.717) is 31.9 Å². The topological polar surface area (TPSA) is 59.4 Å². The summed E-state index contributed by atoms with van der Waals surface area (Å²) in [6.07, 6.45) is 2.87. The van der Waals surface area contributed by atoms with E-state index >= 15 is 0 Å². The van der Waals surface area contributed by atoms with Crippen LogP contribution in [0.2, 0.25) is 0 Å². The molecule has 1 atom stereocenters. The number of anilines is 1. The minimum atomic E-state index is -0.282. The third-order valence-corrected chi connectivity index (χ3v) is 6.70. The third kappa shape index (κ3) is 6.50. The molecule has 5 rings (SSSR count). The number of amides is 1. The minimum Gasteiger partial charge on any atom is -0.374 e. The standard InChI is InChI=1S/C32H36N4O2/c1-32(2,3)38-23-28-21-35(20-25-14-16-27(17-15-25)26-12-8-5-9-13-26)29-22-36(34-30(29)31(37)33-28)19-18-24-10-6-4-7-11-24/h4-17,22,28H,18-21,23H2,1-3H3,(H,33,37). The Labute approximate surface area is 225 Å². The molecular formula is C32H36N4O2. The molecule has 1 amide bonds. The first-order chi connectivity index (χ1) is 18.3. The zero-order valence-electron chi connectivity index (χ0n) is 22.4. The van der Waals surface area contributed by atoms with E-state index in [1.165, 1.54) is 22.3 Å². The summed E-state index contributed by atoms with van der Waals surface area (Å²) in [5.41, 5.74) is 5.86. The summed E-state index contributed by atoms with van der Waals surface area (Å²) in [6, 6.07) is 29.3. The van der Waals surface area contributed by atoms with E-state index in [1.54, 1.807) is 0 Å². The van der Waals surface area contributed by atoms with Gasteiger partial charge in [0.15, 0.2) is 5.69 Å². The number of aromatic nitrogens is 2. The molecule has 0 spiro atoms. The lowest BCUT2D eigenvalue weighted by Gasteiger charge is -2.29. The van der Waals surface area contributed by atoms with Gasteiger partial charge < -0.3 is 15.0 Å². The van der Waals surface area contributed by atoms with Crippen molar-refractivity contribution in [2.45, 2.75) is 51.9 Å². The predicted octanol–water partition coefficient (Wildman–Crippen LogP) is 5.73. The van der Waals surface area contributed by atoms with Crippen LogP contribution >= 0.6 is 0 Å². The number of rotatable bonds is 8. The molecule has 0 saturated carbocycles. The van der Waals surface area contributed by atoms with E-state index in [0.717, 1.165) is 12.1 Å². The van der Waals surface area contributed by atoms with Crippen LogP contribution in [0.1, 0.15) is 42.4 Å². The number of nitrogens with one attached hydrogen (secondary N) is 1. The van der Waals surface area contributed by atoms with Gasteiger partial charge in [0, 0.05) is 25.8 Å². The van der Waals surface area contributed by atoms with Crippen LogP contribution in [-0.4, -0.2) is 40.5 Å². The number of hydrogen-bond donors (Lipinski definition) is 1. The molecule has 6 heteroatoms. The van der Waals surface area contributed by atoms with Crippen LogP contribution in [0.5, 0.6) is 0 Å². The van der Waals surface area contributed by atoms with Gasteiger partial charge in [0.05, 0.1) is 23.9 Å². The van der Waals surface area contributed by atoms with Gasteiger partial charge in [-0.15, -0.1) is 0 Å². The Hall–Kier alpha value is -3.90. The molecule has 1 aromatic heterocycles. The van der Waals surface area contributed by atoms with Gasteiger partial charge in [-0.3, -0.25) is 9.48 Å². The van der Waals surface area contributed by atoms with Crippen LogP contribution in [0.3, 0.4) is 0 Å². The van der Waals surface area contributed by atoms with Crippen LogP contribution in [0.25, 0.3) is 11.1 Å². The number of ether oxygens (including phenoxy) is 1. The second-order valence-electron chi connectivity index (χ2n) is 10.9. The SMILES string of the molecule is CC(C)(C)OCC1CN(Cc2ccc(-c3ccccc3)cc2)c2cn(CCc3ccccc3)nc2C(=O)N1. The predicted molar refractivity (Wildman–Crippen MR) is 152 cm³/mol. The monoisotopic (exact) mass is 508 g/mol. The van der Waals surface area contributed by atoms with Crippen LogP contribution < -0.4 is 10.2 Å². The van der Waals surface area contributed by atoms with Crippen molar-refractivity contribution in [3.63, 3.8) is 0 Å². The van der Waals surface area contributed by atoms with Crippen LogP contribution in [0.4, 0.5) is 5.69 Å². The number of aryl methyl sites for hydroxylation is 2. The maximum absolute atomic E-state index is 13.3. The first-order valence-corrected chi connectivity index (χ1v) is 13.3. The summed E-state index contributed by atoms with van der Waals surface area (Å²) in [5, 5.41) is 7.88. The third-order valence-electron chi connectivity index (χ3n) is 6.70. The molecule has 1 N–H and O–H groups in total. The molecule has 0 aliphatic carbocycles. The van der Waals surface area contributed by atoms with Crippen molar-refractivity contribution in [2.24, 2.45) is 0 Å². The lowest BCUT2D eigenvalue weighted by atomic mass is 10.0. The van der Waals surface area contributed by atoms with Gasteiger partial charge in [-0.05, 0) is 49.4 Å². The molecule has 2 heterocycles. The first kappa shape index (κ1) is 25.7. The highest BCUT2D eigenvalue weighted by Crippen LogP contribution is 2.27. The molecule has 3 aromatic carbocycles. The number of hydrogen-bond acceptors (Lipinski definition) is 4. The van der Waals surface area contributed by atoms with Crippen molar-refractivity contribution < 1.29 is 9.53 Å². The minimum absolute atomic E-state index is 0.141. The van der Waals surface area contributed by atoms with Gasteiger partial charge in [-0.2, -0.15) is 5.10 Å². The van der Waals surface area contributed by atoms with E-state index in [4.69, 9.17) is 9.84 Å². The molecule has 0 fully saturated rings. The molecule has 1 unspecified atom stereocenters. The van der Waals surface area contributed by atoms with E-state index in [-0.39, 0.29) is 17.6 Å². The van der Waals surface area contributed by atoms with E-state index in [2.05, 4.69) is 70.9 Å². The highest BCUT2D eigenvalue weighted by atomic mass is 16.5. The highest BCUT2D eigenvalue weighted by molar-refractivity contribution is 5.98. The van der Waals surface area contributed by atoms with Gasteiger partial charge in [0.2, 0.25) is 0 Å². The fourth-order valence-electron chi connectivity index (χ4n) is 4.72. The van der Waals surface area contributed by atoms with Crippen molar-refractivity contribution in [1.29, 1.82) is 0 Å². The van der Waals surface area contributed by atoms with Gasteiger partial charge in [0.25, 0.3) is 5.91 Å². The zero-order chi connectivity index (χ0) is 26.5. The average Bonchev–Trinajstić information content (AvgIpc) is 3.31. The normalized spacial score (nSPS) is 15.6. The first-order valence-electron chi connectivity index (χ1n) is 13.3. The molecule has 6 nitrogen and oxygen atoms in total. The number of nitrogens with zero attached hydrogens (tertiary/aromatic N) is 3. The van der Waals surface area contributed by atoms with Gasteiger partial charge >= 0.3 is 0 Å². The summed E-state index contributed by atoms with van der Waals surface area (Å²) in [7, 11) is 0. The van der Waals surface area contributed by atoms with Gasteiger partial charge in [-0.25, -0.2) is 0 Å². The molecular weight excluding hydrogens is 472 g/mol. The summed E-state index contributed by atoms with van der Waals surface area (Å²) in [4.78, 5) is 15.5. The molecule has 0 radical (unpaired) electrons. The van der Waals surface area contributed by atoms with Crippen molar-refractivity contribution in [3.05, 3.63) is 108 Å². The van der Waals surface area contributed by atoms with Crippen LogP contribution in [-0.2, 0) is 24.2 Å². The van der Waals surface area contributed by atoms with E-state index in [9.17, 15) is 4.79 Å². The zero-order valence-corrected chi connectivity index (χ0v) is 22.4. The smallest absolute Gasteiger partial charge is 0.274 e. The fourth-order valence-corrected chi connectivity index (χ4v) is 4.72. The summed E-state index contributed by atoms with van der Waals surface area (Å²) in [5.74, 6) is -0.150. The molecule has 0 bridgehead atoms. The maximum Gasteiger partial charge on any atom is 0.274 e. The molecule has 38 heavy (non-hydrogen) atoms. The van der Waals surface area contributed by atoms with Gasteiger partial charge in [0.1, 0.15) is 0 Å². The Morgan fingerprint density at radius 2 is 1.55 bits per heavy atom. The fraction of sp³-hybridized carbons (Fsp3) is 0.312. The van der Waals surface area contributed by atoms with Crippen LogP contribution in [0.15, 0.2) is 91.1 Å². The Kier molecular flexibility index (Phi) is 7.61. The maximum atomic E-state index is 13.3. The molecule has 196 valence electrons. The Balaban J connectivity index is 1.38. The Morgan fingerprint density at radius 1 is 0.895 bits per heavy atom. The summed E-state index contributed by atoms with van der Waals surface area (Å²) in [6.45, 7) is 8.56. The number of fused-ring (bicyclic) bond motifs is 1. The number of benzene rings is 3. The van der Waals surface area contributed by atoms with Gasteiger partial charge in [-0.1, -0.05) is 84.9 Å². The second kappa shape index (κ2) is 11.2. The Morgan fingerprint density at radius 3 is 2.24 bits per heavy atom. The van der Waals surface area contributed by atoms with E-state index in [1.807, 2.05) is 55.9 Å². The summed E-state index contributed by atoms with van der Waals surface area (Å²) >= 11 is 0. The Bertz CT molecular complexity index is 1340.